The summed E-state index contributed by atoms with van der Waals surface area (Å²) in [7, 11) is 0. The number of hydrogen-bond donors (Lipinski definition) is 3. The topological polar surface area (TPSA) is 94.8 Å². The van der Waals surface area contributed by atoms with Gasteiger partial charge in [-0.05, 0) is 84.9 Å². The van der Waals surface area contributed by atoms with Crippen LogP contribution < -0.4 is 0 Å². The van der Waals surface area contributed by atoms with Crippen LogP contribution >= 0.6 is 0 Å². The van der Waals surface area contributed by atoms with Crippen LogP contribution in [0.4, 0.5) is 0 Å². The van der Waals surface area contributed by atoms with E-state index in [2.05, 4.69) is 20.8 Å². The Hall–Kier alpha value is -0.940. The Morgan fingerprint density at radius 2 is 1.90 bits per heavy atom. The number of carboxylic acid groups (broad SMARTS) is 1. The molecule has 4 saturated carbocycles. The van der Waals surface area contributed by atoms with Gasteiger partial charge in [-0.15, -0.1) is 0 Å². The van der Waals surface area contributed by atoms with Crippen LogP contribution in [0.3, 0.4) is 0 Å². The fraction of sp³-hybridized carbons (Fsp3) is 0.917. The summed E-state index contributed by atoms with van der Waals surface area (Å²) in [6.07, 6.45) is 5.56. The number of rotatable bonds is 4. The Kier molecular flexibility index (Phi) is 5.39. The number of Topliss-reactive ketones (excluding diaryl/α,β-unsaturated/α-hetero) is 1. The van der Waals surface area contributed by atoms with Crippen molar-refractivity contribution < 1.29 is 24.9 Å². The summed E-state index contributed by atoms with van der Waals surface area (Å²) in [5.74, 6) is 1.10. The number of aliphatic hydroxyl groups excluding tert-OH is 2. The van der Waals surface area contributed by atoms with Crippen molar-refractivity contribution in [3.63, 3.8) is 0 Å². The zero-order chi connectivity index (χ0) is 21.1. The van der Waals surface area contributed by atoms with E-state index in [0.717, 1.165) is 19.3 Å². The number of ketones is 1. The zero-order valence-electron chi connectivity index (χ0n) is 18.1. The summed E-state index contributed by atoms with van der Waals surface area (Å²) in [6, 6.07) is 0. The van der Waals surface area contributed by atoms with E-state index in [0.29, 0.717) is 43.8 Å². The van der Waals surface area contributed by atoms with Crippen LogP contribution in [0.25, 0.3) is 0 Å². The molecular weight excluding hydrogens is 368 g/mol. The van der Waals surface area contributed by atoms with Crippen molar-refractivity contribution in [1.29, 1.82) is 0 Å². The Morgan fingerprint density at radius 1 is 1.17 bits per heavy atom. The van der Waals surface area contributed by atoms with Crippen LogP contribution in [0.1, 0.15) is 78.6 Å². The Morgan fingerprint density at radius 3 is 2.59 bits per heavy atom. The molecule has 0 saturated heterocycles. The van der Waals surface area contributed by atoms with E-state index in [1.807, 2.05) is 0 Å². The highest BCUT2D eigenvalue weighted by molar-refractivity contribution is 5.79. The number of carbonyl (C=O) groups is 2. The van der Waals surface area contributed by atoms with E-state index >= 15 is 0 Å². The molecule has 0 heterocycles. The van der Waals surface area contributed by atoms with E-state index in [4.69, 9.17) is 5.11 Å². The molecule has 0 aromatic heterocycles. The van der Waals surface area contributed by atoms with Gasteiger partial charge in [-0.3, -0.25) is 9.59 Å². The number of hydrogen-bond acceptors (Lipinski definition) is 4. The van der Waals surface area contributed by atoms with Crippen LogP contribution in [0.5, 0.6) is 0 Å². The first-order valence-electron chi connectivity index (χ1n) is 11.7. The highest BCUT2D eigenvalue weighted by Gasteiger charge is 2.65. The maximum absolute atomic E-state index is 12.1. The second kappa shape index (κ2) is 7.33. The number of fused-ring (bicyclic) bond motifs is 5. The number of aliphatic hydroxyl groups is 2. The average Bonchev–Trinajstić information content (AvgIpc) is 3.01. The highest BCUT2D eigenvalue weighted by atomic mass is 16.4. The summed E-state index contributed by atoms with van der Waals surface area (Å²) in [6.45, 7) is 6.66. The number of aliphatic carboxylic acids is 1. The summed E-state index contributed by atoms with van der Waals surface area (Å²) in [5.41, 5.74) is -0.221. The minimum absolute atomic E-state index is 0.0348. The summed E-state index contributed by atoms with van der Waals surface area (Å²) in [4.78, 5) is 23.1. The molecule has 4 rings (SSSR count). The third-order valence-corrected chi connectivity index (χ3v) is 10.2. The van der Waals surface area contributed by atoms with Crippen molar-refractivity contribution in [2.45, 2.75) is 90.8 Å². The molecule has 0 amide bonds. The van der Waals surface area contributed by atoms with Gasteiger partial charge >= 0.3 is 5.97 Å². The van der Waals surface area contributed by atoms with Crippen molar-refractivity contribution in [2.75, 3.05) is 0 Å². The van der Waals surface area contributed by atoms with Crippen molar-refractivity contribution in [3.05, 3.63) is 0 Å². The van der Waals surface area contributed by atoms with Crippen molar-refractivity contribution in [2.24, 2.45) is 46.3 Å². The van der Waals surface area contributed by atoms with Gasteiger partial charge in [0, 0.05) is 19.3 Å². The molecule has 3 unspecified atom stereocenters. The van der Waals surface area contributed by atoms with Gasteiger partial charge in [0.1, 0.15) is 5.78 Å². The molecule has 0 radical (unpaired) electrons. The lowest BCUT2D eigenvalue weighted by atomic mass is 9.43. The predicted octanol–water partition coefficient (Wildman–Crippen LogP) is 3.66. The molecule has 0 spiro atoms. The van der Waals surface area contributed by atoms with E-state index in [-0.39, 0.29) is 46.8 Å². The molecule has 29 heavy (non-hydrogen) atoms. The normalized spacial score (nSPS) is 50.4. The van der Waals surface area contributed by atoms with Gasteiger partial charge in [-0.25, -0.2) is 0 Å². The minimum atomic E-state index is -0.755. The summed E-state index contributed by atoms with van der Waals surface area (Å²) in [5, 5.41) is 31.8. The van der Waals surface area contributed by atoms with Crippen LogP contribution in [-0.2, 0) is 9.59 Å². The number of carboxylic acids is 1. The third kappa shape index (κ3) is 3.18. The Bertz CT molecular complexity index is 676. The average molecular weight is 407 g/mol. The molecule has 10 atom stereocenters. The quantitative estimate of drug-likeness (QED) is 0.662. The molecule has 4 aliphatic carbocycles. The van der Waals surface area contributed by atoms with Gasteiger partial charge in [0.05, 0.1) is 12.2 Å². The van der Waals surface area contributed by atoms with Crippen molar-refractivity contribution in [1.82, 2.24) is 0 Å². The van der Waals surface area contributed by atoms with E-state index in [1.165, 1.54) is 0 Å². The van der Waals surface area contributed by atoms with Gasteiger partial charge in [-0.1, -0.05) is 20.8 Å². The zero-order valence-corrected chi connectivity index (χ0v) is 18.1. The summed E-state index contributed by atoms with van der Waals surface area (Å²) >= 11 is 0. The van der Waals surface area contributed by atoms with Gasteiger partial charge in [0.15, 0.2) is 0 Å². The van der Waals surface area contributed by atoms with Crippen molar-refractivity contribution >= 4 is 11.8 Å². The standard InChI is InChI=1S/C24H38O5/c1-13(4-7-21(28)29)16-5-6-17-22-18(12-20(27)24(16,17)3)23(2)9-8-15(25)10-14(23)11-19(22)26/h13-14,16-20,22,26-27H,4-12H2,1-3H3,(H,28,29)/t13-,14?,16-,17+,18+,19?,20?,22+,23+,24-/m1/s1. The Balaban J connectivity index is 1.61. The number of carbonyl (C=O) groups excluding carboxylic acids is 1. The van der Waals surface area contributed by atoms with E-state index in [9.17, 15) is 19.8 Å². The first-order valence-corrected chi connectivity index (χ1v) is 11.7. The lowest BCUT2D eigenvalue weighted by Crippen LogP contribution is -2.62. The van der Waals surface area contributed by atoms with Gasteiger partial charge < -0.3 is 15.3 Å². The molecule has 4 fully saturated rings. The minimum Gasteiger partial charge on any atom is -0.481 e. The predicted molar refractivity (Wildman–Crippen MR) is 109 cm³/mol. The molecular formula is C24H38O5. The van der Waals surface area contributed by atoms with E-state index in [1.54, 1.807) is 0 Å². The molecule has 0 aliphatic heterocycles. The molecule has 0 bridgehead atoms. The molecule has 5 nitrogen and oxygen atoms in total. The van der Waals surface area contributed by atoms with Crippen molar-refractivity contribution in [3.8, 4) is 0 Å². The lowest BCUT2D eigenvalue weighted by Gasteiger charge is -2.63. The molecule has 3 N–H and O–H groups in total. The fourth-order valence-corrected chi connectivity index (χ4v) is 8.50. The van der Waals surface area contributed by atoms with Crippen LogP contribution in [-0.4, -0.2) is 39.3 Å². The molecule has 0 aromatic rings. The van der Waals surface area contributed by atoms with Crippen LogP contribution in [0.2, 0.25) is 0 Å². The van der Waals surface area contributed by atoms with Gasteiger partial charge in [-0.2, -0.15) is 0 Å². The maximum Gasteiger partial charge on any atom is 0.303 e. The second-order valence-corrected chi connectivity index (χ2v) is 11.2. The largest absolute Gasteiger partial charge is 0.481 e. The monoisotopic (exact) mass is 406 g/mol. The molecule has 164 valence electrons. The SMILES string of the molecule is C[C@H](CCC(=O)O)[C@H]1CC[C@H]2[C@@H]3C(O)CC4CC(=O)CC[C@]4(C)[C@H]3CC(O)[C@]12C. The van der Waals surface area contributed by atoms with Gasteiger partial charge in [0.25, 0.3) is 0 Å². The summed E-state index contributed by atoms with van der Waals surface area (Å²) < 4.78 is 0. The smallest absolute Gasteiger partial charge is 0.303 e. The first kappa shape index (κ1) is 21.3. The molecule has 4 aliphatic rings. The molecule has 0 aromatic carbocycles. The highest BCUT2D eigenvalue weighted by Crippen LogP contribution is 2.68. The van der Waals surface area contributed by atoms with Gasteiger partial charge in [0.2, 0.25) is 0 Å². The van der Waals surface area contributed by atoms with Crippen LogP contribution in [0, 0.1) is 46.3 Å². The van der Waals surface area contributed by atoms with Crippen LogP contribution in [0.15, 0.2) is 0 Å². The first-order chi connectivity index (χ1) is 13.6. The maximum atomic E-state index is 12.1. The second-order valence-electron chi connectivity index (χ2n) is 11.2. The van der Waals surface area contributed by atoms with E-state index < -0.39 is 18.2 Å². The fourth-order valence-electron chi connectivity index (χ4n) is 8.50. The third-order valence-electron chi connectivity index (χ3n) is 10.2. The lowest BCUT2D eigenvalue weighted by molar-refractivity contribution is -0.201. The molecule has 5 heteroatoms. The Labute approximate surface area is 174 Å².